The van der Waals surface area contributed by atoms with Crippen LogP contribution in [-0.4, -0.2) is 64.5 Å². The van der Waals surface area contributed by atoms with Gasteiger partial charge in [-0.25, -0.2) is 8.96 Å². The minimum absolute atomic E-state index is 0.0465. The molecule has 0 atom stereocenters. The van der Waals surface area contributed by atoms with Crippen LogP contribution >= 0.6 is 12.3 Å². The standard InChI is InChI=1S/C31H34F4N6O2S/c1-4-39-11-13-40(14-12-39)19-22-7-6-21(15-26(22)31(32,33)34)30(42)38-24-8-5-20(2)27(16-24)36-17-23-18-37-29-25(28(23)43-3)9-10-41(29)44-35/h5-10,15-16,18,36H,4,11-14,17,19H2,1-3H3,(H,38,42). The van der Waals surface area contributed by atoms with E-state index in [1.165, 1.54) is 23.2 Å². The number of amides is 1. The Bertz CT molecular complexity index is 1640. The summed E-state index contributed by atoms with van der Waals surface area (Å²) in [5.41, 5.74) is 2.48. The van der Waals surface area contributed by atoms with E-state index in [1.54, 1.807) is 36.7 Å². The highest BCUT2D eigenvalue weighted by atomic mass is 32.2. The molecule has 1 aliphatic rings. The summed E-state index contributed by atoms with van der Waals surface area (Å²) >= 11 is 0.0465. The second-order valence-electron chi connectivity index (χ2n) is 10.7. The minimum atomic E-state index is -4.59. The van der Waals surface area contributed by atoms with Gasteiger partial charge < -0.3 is 20.3 Å². The number of carbonyl (C=O) groups is 1. The molecule has 0 spiro atoms. The number of hydrogen-bond acceptors (Lipinski definition) is 7. The Morgan fingerprint density at radius 2 is 1.80 bits per heavy atom. The monoisotopic (exact) mass is 630 g/mol. The fourth-order valence-electron chi connectivity index (χ4n) is 5.41. The molecular formula is C31H34F4N6O2S. The summed E-state index contributed by atoms with van der Waals surface area (Å²) in [5.74, 6) is -0.0791. The highest BCUT2D eigenvalue weighted by molar-refractivity contribution is 7.92. The third-order valence-corrected chi connectivity index (χ3v) is 8.38. The average Bonchev–Trinajstić information content (AvgIpc) is 3.44. The van der Waals surface area contributed by atoms with E-state index in [-0.39, 0.29) is 30.0 Å². The van der Waals surface area contributed by atoms with Gasteiger partial charge in [0.15, 0.2) is 18.0 Å². The first-order valence-electron chi connectivity index (χ1n) is 14.2. The zero-order valence-corrected chi connectivity index (χ0v) is 25.5. The highest BCUT2D eigenvalue weighted by Gasteiger charge is 2.34. The Morgan fingerprint density at radius 3 is 2.48 bits per heavy atom. The first-order valence-corrected chi connectivity index (χ1v) is 14.9. The second kappa shape index (κ2) is 13.4. The third kappa shape index (κ3) is 6.95. The lowest BCUT2D eigenvalue weighted by atomic mass is 10.0. The van der Waals surface area contributed by atoms with E-state index in [0.717, 1.165) is 36.8 Å². The molecule has 0 radical (unpaired) electrons. The lowest BCUT2D eigenvalue weighted by Gasteiger charge is -2.34. The van der Waals surface area contributed by atoms with Crippen LogP contribution in [0.15, 0.2) is 54.9 Å². The molecule has 234 valence electrons. The van der Waals surface area contributed by atoms with Crippen LogP contribution < -0.4 is 15.4 Å². The Kier molecular flexibility index (Phi) is 9.66. The summed E-state index contributed by atoms with van der Waals surface area (Å²) < 4.78 is 62.3. The molecule has 0 aliphatic carbocycles. The average molecular weight is 631 g/mol. The predicted molar refractivity (Wildman–Crippen MR) is 166 cm³/mol. The molecule has 0 saturated carbocycles. The molecule has 5 rings (SSSR count). The van der Waals surface area contributed by atoms with Crippen molar-refractivity contribution in [2.75, 3.05) is 50.5 Å². The fraction of sp³-hybridized carbons (Fsp3) is 0.355. The van der Waals surface area contributed by atoms with Crippen LogP contribution in [0.5, 0.6) is 5.75 Å². The Morgan fingerprint density at radius 1 is 1.05 bits per heavy atom. The molecule has 1 amide bonds. The quantitative estimate of drug-likeness (QED) is 0.188. The van der Waals surface area contributed by atoms with Crippen molar-refractivity contribution in [2.45, 2.75) is 33.1 Å². The van der Waals surface area contributed by atoms with Crippen LogP contribution in [0.3, 0.4) is 0 Å². The smallest absolute Gasteiger partial charge is 0.416 e. The molecule has 8 nitrogen and oxygen atoms in total. The van der Waals surface area contributed by atoms with E-state index < -0.39 is 17.6 Å². The number of aromatic nitrogens is 2. The van der Waals surface area contributed by atoms with Crippen LogP contribution in [0.25, 0.3) is 11.0 Å². The molecule has 0 unspecified atom stereocenters. The molecular weight excluding hydrogens is 596 g/mol. The number of benzene rings is 2. The number of likely N-dealkylation sites (N-methyl/N-ethyl adjacent to an activating group) is 1. The molecule has 2 aromatic heterocycles. The van der Waals surface area contributed by atoms with E-state index in [4.69, 9.17) is 4.74 Å². The van der Waals surface area contributed by atoms with E-state index in [2.05, 4.69) is 27.4 Å². The van der Waals surface area contributed by atoms with Gasteiger partial charge in [0.1, 0.15) is 5.75 Å². The first-order chi connectivity index (χ1) is 21.1. The van der Waals surface area contributed by atoms with Gasteiger partial charge in [-0.05, 0) is 54.9 Å². The van der Waals surface area contributed by atoms with Crippen LogP contribution in [0.2, 0.25) is 0 Å². The van der Waals surface area contributed by atoms with Gasteiger partial charge >= 0.3 is 6.18 Å². The van der Waals surface area contributed by atoms with Crippen LogP contribution in [-0.2, 0) is 19.3 Å². The van der Waals surface area contributed by atoms with Crippen molar-refractivity contribution in [1.29, 1.82) is 0 Å². The van der Waals surface area contributed by atoms with Gasteiger partial charge in [-0.15, -0.1) is 3.89 Å². The number of fused-ring (bicyclic) bond motifs is 1. The van der Waals surface area contributed by atoms with Gasteiger partial charge in [-0.3, -0.25) is 9.69 Å². The van der Waals surface area contributed by atoms with Gasteiger partial charge in [0.25, 0.3) is 5.91 Å². The summed E-state index contributed by atoms with van der Waals surface area (Å²) in [4.78, 5) is 21.7. The largest absolute Gasteiger partial charge is 0.496 e. The van der Waals surface area contributed by atoms with Crippen molar-refractivity contribution in [3.63, 3.8) is 0 Å². The van der Waals surface area contributed by atoms with Crippen LogP contribution in [0.4, 0.5) is 28.4 Å². The van der Waals surface area contributed by atoms with E-state index in [1.807, 2.05) is 11.8 Å². The molecule has 1 fully saturated rings. The number of methoxy groups -OCH3 is 1. The summed E-state index contributed by atoms with van der Waals surface area (Å²) in [5, 5.41) is 6.71. The third-order valence-electron chi connectivity index (χ3n) is 7.93. The van der Waals surface area contributed by atoms with Crippen molar-refractivity contribution in [2.24, 2.45) is 0 Å². The second-order valence-corrected chi connectivity index (χ2v) is 11.2. The fourth-order valence-corrected chi connectivity index (χ4v) is 5.73. The summed E-state index contributed by atoms with van der Waals surface area (Å²) in [6.07, 6.45) is -1.42. The molecule has 2 N–H and O–H groups in total. The maximum atomic E-state index is 14.1. The predicted octanol–water partition coefficient (Wildman–Crippen LogP) is 6.75. The number of nitrogens with zero attached hydrogens (tertiary/aromatic N) is 4. The van der Waals surface area contributed by atoms with Crippen molar-refractivity contribution in [3.8, 4) is 5.75 Å². The molecule has 13 heteroatoms. The normalized spacial score (nSPS) is 14.6. The topological polar surface area (TPSA) is 74.7 Å². The van der Waals surface area contributed by atoms with Gasteiger partial charge in [-0.1, -0.05) is 19.1 Å². The van der Waals surface area contributed by atoms with Gasteiger partial charge in [-0.2, -0.15) is 13.2 Å². The lowest BCUT2D eigenvalue weighted by Crippen LogP contribution is -2.45. The number of rotatable bonds is 10. The Labute approximate surface area is 257 Å². The van der Waals surface area contributed by atoms with Crippen molar-refractivity contribution >= 4 is 40.6 Å². The summed E-state index contributed by atoms with van der Waals surface area (Å²) in [7, 11) is 1.53. The van der Waals surface area contributed by atoms with Gasteiger partial charge in [0.05, 0.1) is 18.1 Å². The molecule has 2 aromatic carbocycles. The minimum Gasteiger partial charge on any atom is -0.496 e. The van der Waals surface area contributed by atoms with Crippen molar-refractivity contribution in [3.05, 3.63) is 82.7 Å². The Balaban J connectivity index is 1.30. The van der Waals surface area contributed by atoms with E-state index in [9.17, 15) is 21.9 Å². The number of nitrogens with one attached hydrogen (secondary N) is 2. The van der Waals surface area contributed by atoms with Crippen LogP contribution in [0.1, 0.15) is 39.5 Å². The maximum Gasteiger partial charge on any atom is 0.416 e. The number of hydrogen-bond donors (Lipinski definition) is 2. The number of anilines is 2. The van der Waals surface area contributed by atoms with Crippen molar-refractivity contribution < 1.29 is 26.6 Å². The molecule has 3 heterocycles. The van der Waals surface area contributed by atoms with E-state index in [0.29, 0.717) is 47.8 Å². The number of halogens is 4. The number of pyridine rings is 1. The Hall–Kier alpha value is -3.81. The van der Waals surface area contributed by atoms with Gasteiger partial charge in [0, 0.05) is 74.2 Å². The molecule has 44 heavy (non-hydrogen) atoms. The number of aryl methyl sites for hydroxylation is 1. The first kappa shape index (κ1) is 31.6. The molecule has 4 aromatic rings. The molecule has 0 bridgehead atoms. The SMILES string of the molecule is CCN1CCN(Cc2ccc(C(=O)Nc3ccc(C)c(NCc4cnc5c(ccn5SF)c4OC)c3)cc2C(F)(F)F)CC1. The number of alkyl halides is 3. The van der Waals surface area contributed by atoms with E-state index >= 15 is 0 Å². The number of carbonyl (C=O) groups excluding carboxylic acids is 1. The zero-order valence-electron chi connectivity index (χ0n) is 24.7. The number of piperazine rings is 1. The molecule has 1 aliphatic heterocycles. The maximum absolute atomic E-state index is 14.1. The zero-order chi connectivity index (χ0) is 31.4. The lowest BCUT2D eigenvalue weighted by molar-refractivity contribution is -0.138. The van der Waals surface area contributed by atoms with Crippen molar-refractivity contribution in [1.82, 2.24) is 18.8 Å². The van der Waals surface area contributed by atoms with Gasteiger partial charge in [0.2, 0.25) is 0 Å². The summed E-state index contributed by atoms with van der Waals surface area (Å²) in [6, 6.07) is 10.7. The summed E-state index contributed by atoms with van der Waals surface area (Å²) in [6.45, 7) is 8.41. The highest BCUT2D eigenvalue weighted by Crippen LogP contribution is 2.34. The van der Waals surface area contributed by atoms with Crippen LogP contribution in [0, 0.1) is 6.92 Å². The number of ether oxygens (including phenoxy) is 1. The molecule has 1 saturated heterocycles.